The van der Waals surface area contributed by atoms with Gasteiger partial charge in [-0.2, -0.15) is 5.10 Å². The number of ether oxygens (including phenoxy) is 1. The van der Waals surface area contributed by atoms with E-state index >= 15 is 0 Å². The van der Waals surface area contributed by atoms with Crippen molar-refractivity contribution in [3.8, 4) is 0 Å². The molecular formula is C17H22N4O5S. The number of aromatic nitrogens is 2. The molecule has 3 heterocycles. The van der Waals surface area contributed by atoms with Crippen LogP contribution in [-0.2, 0) is 11.3 Å². The molecule has 2 aromatic heterocycles. The van der Waals surface area contributed by atoms with Gasteiger partial charge >= 0.3 is 11.8 Å². The molecule has 0 saturated carbocycles. The van der Waals surface area contributed by atoms with Crippen LogP contribution in [0.2, 0.25) is 0 Å². The molecule has 3 rings (SSSR count). The van der Waals surface area contributed by atoms with E-state index in [4.69, 9.17) is 9.84 Å². The maximum Gasteiger partial charge on any atom is 0.425 e. The molecule has 0 radical (unpaired) electrons. The number of carboxylic acid groups (broad SMARTS) is 1. The average Bonchev–Trinajstić information content (AvgIpc) is 3.19. The van der Waals surface area contributed by atoms with Gasteiger partial charge < -0.3 is 9.84 Å². The Morgan fingerprint density at radius 2 is 2.22 bits per heavy atom. The Hall–Kier alpha value is -2.46. The second-order valence-electron chi connectivity index (χ2n) is 6.74. The monoisotopic (exact) mass is 394 g/mol. The van der Waals surface area contributed by atoms with Crippen molar-refractivity contribution in [2.45, 2.75) is 52.3 Å². The van der Waals surface area contributed by atoms with E-state index in [0.29, 0.717) is 33.8 Å². The van der Waals surface area contributed by atoms with Crippen LogP contribution in [0.3, 0.4) is 0 Å². The van der Waals surface area contributed by atoms with E-state index in [9.17, 15) is 14.4 Å². The van der Waals surface area contributed by atoms with Crippen LogP contribution in [0.1, 0.15) is 43.2 Å². The molecule has 0 aromatic carbocycles. The summed E-state index contributed by atoms with van der Waals surface area (Å²) in [6.07, 6.45) is 1.85. The zero-order valence-electron chi connectivity index (χ0n) is 15.4. The SMILES string of the molecule is Cc1c(C=NNC(=O)O)sc2c1c(=O)n(C(C)C)c(=O)n2CC1CCCO1. The normalized spacial score (nSPS) is 17.4. The summed E-state index contributed by atoms with van der Waals surface area (Å²) in [6.45, 7) is 6.42. The van der Waals surface area contributed by atoms with Gasteiger partial charge in [0.15, 0.2) is 0 Å². The van der Waals surface area contributed by atoms with Crippen LogP contribution in [0.15, 0.2) is 14.7 Å². The number of thiophene rings is 1. The largest absolute Gasteiger partial charge is 0.464 e. The van der Waals surface area contributed by atoms with Crippen LogP contribution in [-0.4, -0.2) is 39.3 Å². The molecule has 2 aromatic rings. The van der Waals surface area contributed by atoms with Gasteiger partial charge in [-0.15, -0.1) is 11.3 Å². The number of nitrogens with one attached hydrogen (secondary N) is 1. The summed E-state index contributed by atoms with van der Waals surface area (Å²) < 4.78 is 8.54. The summed E-state index contributed by atoms with van der Waals surface area (Å²) in [4.78, 5) is 37.7. The third-order valence-electron chi connectivity index (χ3n) is 4.55. The third kappa shape index (κ3) is 3.67. The minimum atomic E-state index is -1.28. The Bertz CT molecular complexity index is 1010. The lowest BCUT2D eigenvalue weighted by Gasteiger charge is -2.17. The maximum absolute atomic E-state index is 13.0. The number of aryl methyl sites for hydroxylation is 1. The Balaban J connectivity index is 2.21. The van der Waals surface area contributed by atoms with Crippen molar-refractivity contribution >= 4 is 33.9 Å². The molecule has 1 atom stereocenters. The lowest BCUT2D eigenvalue weighted by Crippen LogP contribution is -2.42. The van der Waals surface area contributed by atoms with Gasteiger partial charge in [-0.1, -0.05) is 0 Å². The van der Waals surface area contributed by atoms with Crippen LogP contribution in [0.25, 0.3) is 10.2 Å². The molecule has 146 valence electrons. The van der Waals surface area contributed by atoms with E-state index in [-0.39, 0.29) is 23.4 Å². The van der Waals surface area contributed by atoms with E-state index in [1.807, 2.05) is 5.43 Å². The summed E-state index contributed by atoms with van der Waals surface area (Å²) in [6, 6.07) is -0.282. The van der Waals surface area contributed by atoms with Crippen molar-refractivity contribution < 1.29 is 14.6 Å². The number of rotatable bonds is 5. The van der Waals surface area contributed by atoms with Crippen molar-refractivity contribution in [1.82, 2.24) is 14.6 Å². The van der Waals surface area contributed by atoms with Crippen molar-refractivity contribution in [1.29, 1.82) is 0 Å². The van der Waals surface area contributed by atoms with Gasteiger partial charge in [-0.25, -0.2) is 15.0 Å². The highest BCUT2D eigenvalue weighted by Gasteiger charge is 2.24. The van der Waals surface area contributed by atoms with E-state index in [0.717, 1.165) is 12.8 Å². The molecule has 1 aliphatic heterocycles. The van der Waals surface area contributed by atoms with Crippen LogP contribution < -0.4 is 16.7 Å². The first-order chi connectivity index (χ1) is 12.8. The van der Waals surface area contributed by atoms with Crippen molar-refractivity contribution in [2.24, 2.45) is 5.10 Å². The molecule has 27 heavy (non-hydrogen) atoms. The quantitative estimate of drug-likeness (QED) is 0.594. The molecule has 1 fully saturated rings. The molecule has 1 aliphatic rings. The van der Waals surface area contributed by atoms with Gasteiger partial charge in [0.05, 0.1) is 29.1 Å². The van der Waals surface area contributed by atoms with Gasteiger partial charge in [0.1, 0.15) is 4.83 Å². The average molecular weight is 394 g/mol. The lowest BCUT2D eigenvalue weighted by molar-refractivity contribution is 0.0965. The van der Waals surface area contributed by atoms with Crippen molar-refractivity contribution in [3.05, 3.63) is 31.3 Å². The molecule has 0 aliphatic carbocycles. The topological polar surface area (TPSA) is 115 Å². The van der Waals surface area contributed by atoms with E-state index < -0.39 is 6.09 Å². The van der Waals surface area contributed by atoms with Crippen LogP contribution in [0, 0.1) is 6.92 Å². The molecule has 9 nitrogen and oxygen atoms in total. The van der Waals surface area contributed by atoms with Crippen LogP contribution in [0.5, 0.6) is 0 Å². The van der Waals surface area contributed by atoms with Gasteiger partial charge in [0.25, 0.3) is 5.56 Å². The fourth-order valence-electron chi connectivity index (χ4n) is 3.26. The van der Waals surface area contributed by atoms with E-state index in [1.54, 1.807) is 25.3 Å². The first-order valence-corrected chi connectivity index (χ1v) is 9.55. The van der Waals surface area contributed by atoms with Gasteiger partial charge in [-0.3, -0.25) is 13.9 Å². The van der Waals surface area contributed by atoms with Crippen LogP contribution >= 0.6 is 11.3 Å². The Morgan fingerprint density at radius 3 is 2.81 bits per heavy atom. The maximum atomic E-state index is 13.0. The molecule has 1 unspecified atom stereocenters. The highest BCUT2D eigenvalue weighted by atomic mass is 32.1. The minimum Gasteiger partial charge on any atom is -0.464 e. The number of amides is 1. The zero-order chi connectivity index (χ0) is 19.7. The molecule has 0 spiro atoms. The predicted octanol–water partition coefficient (Wildman–Crippen LogP) is 1.89. The highest BCUT2D eigenvalue weighted by molar-refractivity contribution is 7.20. The van der Waals surface area contributed by atoms with Gasteiger partial charge in [0.2, 0.25) is 0 Å². The van der Waals surface area contributed by atoms with Crippen molar-refractivity contribution in [3.63, 3.8) is 0 Å². The molecule has 2 N–H and O–H groups in total. The van der Waals surface area contributed by atoms with Gasteiger partial charge in [-0.05, 0) is 39.2 Å². The molecule has 10 heteroatoms. The van der Waals surface area contributed by atoms with Crippen molar-refractivity contribution in [2.75, 3.05) is 6.61 Å². The second-order valence-corrected chi connectivity index (χ2v) is 7.77. The number of carbonyl (C=O) groups is 1. The first kappa shape index (κ1) is 19.3. The smallest absolute Gasteiger partial charge is 0.425 e. The standard InChI is InChI=1S/C17H22N4O5S/c1-9(2)21-14(22)13-10(3)12(7-18-19-16(23)24)27-15(13)20(17(21)25)8-11-5-4-6-26-11/h7,9,11,19H,4-6,8H2,1-3H3,(H,23,24). The molecule has 0 bridgehead atoms. The zero-order valence-corrected chi connectivity index (χ0v) is 16.2. The fourth-order valence-corrected chi connectivity index (χ4v) is 4.43. The van der Waals surface area contributed by atoms with Crippen LogP contribution in [0.4, 0.5) is 4.79 Å². The minimum absolute atomic E-state index is 0.0581. The Kier molecular flexibility index (Phi) is 5.47. The molecular weight excluding hydrogens is 372 g/mol. The number of nitrogens with zero attached hydrogens (tertiary/aromatic N) is 3. The lowest BCUT2D eigenvalue weighted by atomic mass is 10.2. The first-order valence-electron chi connectivity index (χ1n) is 8.73. The summed E-state index contributed by atoms with van der Waals surface area (Å²) >= 11 is 1.25. The number of hydrogen-bond donors (Lipinski definition) is 2. The number of hydrogen-bond acceptors (Lipinski definition) is 6. The summed E-state index contributed by atoms with van der Waals surface area (Å²) in [5, 5.41) is 12.8. The molecule has 1 amide bonds. The summed E-state index contributed by atoms with van der Waals surface area (Å²) in [7, 11) is 0. The highest BCUT2D eigenvalue weighted by Crippen LogP contribution is 2.27. The van der Waals surface area contributed by atoms with E-state index in [2.05, 4.69) is 5.10 Å². The molecule has 1 saturated heterocycles. The Morgan fingerprint density at radius 1 is 1.48 bits per heavy atom. The number of hydrazone groups is 1. The number of fused-ring (bicyclic) bond motifs is 1. The Labute approximate surface area is 158 Å². The predicted molar refractivity (Wildman–Crippen MR) is 103 cm³/mol. The fraction of sp³-hybridized carbons (Fsp3) is 0.529. The summed E-state index contributed by atoms with van der Waals surface area (Å²) in [5.41, 5.74) is 1.89. The summed E-state index contributed by atoms with van der Waals surface area (Å²) in [5.74, 6) is 0. The third-order valence-corrected chi connectivity index (χ3v) is 5.80. The van der Waals surface area contributed by atoms with Gasteiger partial charge in [0, 0.05) is 12.6 Å². The second kappa shape index (κ2) is 7.65. The van der Waals surface area contributed by atoms with E-state index in [1.165, 1.54) is 22.1 Å².